The Bertz CT molecular complexity index is 253. The second kappa shape index (κ2) is 2.81. The molecule has 0 amide bonds. The Morgan fingerprint density at radius 1 is 1.55 bits per heavy atom. The minimum Gasteiger partial charge on any atom is -0.333 e. The zero-order valence-electron chi connectivity index (χ0n) is 6.13. The van der Waals surface area contributed by atoms with E-state index in [1.807, 2.05) is 6.08 Å². The van der Waals surface area contributed by atoms with Gasteiger partial charge in [-0.05, 0) is 18.6 Å². The number of aliphatic imine (C=N–C) groups is 1. The third-order valence-corrected chi connectivity index (χ3v) is 2.30. The van der Waals surface area contributed by atoms with Gasteiger partial charge in [0.15, 0.2) is 0 Å². The van der Waals surface area contributed by atoms with Crippen molar-refractivity contribution >= 4 is 21.8 Å². The van der Waals surface area contributed by atoms with Gasteiger partial charge in [-0.1, -0.05) is 15.9 Å². The van der Waals surface area contributed by atoms with Crippen molar-refractivity contribution in [3.63, 3.8) is 0 Å². The maximum atomic E-state index is 4.39. The van der Waals surface area contributed by atoms with Crippen LogP contribution in [0, 0.1) is 0 Å². The number of nitrogens with zero attached hydrogens (tertiary/aromatic N) is 2. The lowest BCUT2D eigenvalue weighted by atomic mass is 10.2. The highest BCUT2D eigenvalue weighted by molar-refractivity contribution is 9.11. The Hall–Kier alpha value is -0.570. The van der Waals surface area contributed by atoms with E-state index >= 15 is 0 Å². The summed E-state index contributed by atoms with van der Waals surface area (Å²) in [5.74, 6) is 1.09. The number of amidine groups is 1. The zero-order valence-corrected chi connectivity index (χ0v) is 7.71. The molecule has 0 bridgehead atoms. The van der Waals surface area contributed by atoms with Gasteiger partial charge in [-0.2, -0.15) is 0 Å². The number of hydrogen-bond acceptors (Lipinski definition) is 2. The van der Waals surface area contributed by atoms with E-state index in [1.165, 1.54) is 6.42 Å². The Kier molecular flexibility index (Phi) is 1.82. The summed E-state index contributed by atoms with van der Waals surface area (Å²) in [5.41, 5.74) is 0. The summed E-state index contributed by atoms with van der Waals surface area (Å²) in [6.45, 7) is 2.07. The second-order valence-electron chi connectivity index (χ2n) is 2.63. The standard InChI is InChI=1S/C8H9BrN2/c9-7-2-5-11-4-1-3-10-8(11)6-7/h2,5-6H,1,3-4H2. The third-order valence-electron chi connectivity index (χ3n) is 1.81. The van der Waals surface area contributed by atoms with Crippen LogP contribution in [-0.2, 0) is 0 Å². The molecule has 2 aliphatic rings. The van der Waals surface area contributed by atoms with Crippen LogP contribution in [0.5, 0.6) is 0 Å². The third kappa shape index (κ3) is 1.38. The van der Waals surface area contributed by atoms with Gasteiger partial charge in [0, 0.05) is 23.8 Å². The molecule has 0 radical (unpaired) electrons. The van der Waals surface area contributed by atoms with Gasteiger partial charge in [-0.25, -0.2) is 0 Å². The molecule has 2 nitrogen and oxygen atoms in total. The highest BCUT2D eigenvalue weighted by Gasteiger charge is 2.13. The van der Waals surface area contributed by atoms with E-state index in [4.69, 9.17) is 0 Å². The molecule has 2 aliphatic heterocycles. The first-order valence-corrected chi connectivity index (χ1v) is 4.52. The minimum absolute atomic E-state index is 0.969. The van der Waals surface area contributed by atoms with Crippen molar-refractivity contribution in [1.29, 1.82) is 0 Å². The van der Waals surface area contributed by atoms with E-state index in [9.17, 15) is 0 Å². The summed E-state index contributed by atoms with van der Waals surface area (Å²) in [7, 11) is 0. The number of halogens is 1. The lowest BCUT2D eigenvalue weighted by Crippen LogP contribution is -2.31. The lowest BCUT2D eigenvalue weighted by molar-refractivity contribution is 0.509. The maximum Gasteiger partial charge on any atom is 0.128 e. The molecular formula is C8H9BrN2. The molecule has 0 spiro atoms. The summed E-state index contributed by atoms with van der Waals surface area (Å²) < 4.78 is 1.11. The molecule has 58 valence electrons. The highest BCUT2D eigenvalue weighted by Crippen LogP contribution is 2.16. The van der Waals surface area contributed by atoms with E-state index in [2.05, 4.69) is 38.1 Å². The average Bonchev–Trinajstić information content (AvgIpc) is 2.04. The smallest absolute Gasteiger partial charge is 0.128 e. The summed E-state index contributed by atoms with van der Waals surface area (Å²) in [6.07, 6.45) is 7.34. The van der Waals surface area contributed by atoms with E-state index < -0.39 is 0 Å². The van der Waals surface area contributed by atoms with E-state index in [0.29, 0.717) is 0 Å². The summed E-state index contributed by atoms with van der Waals surface area (Å²) >= 11 is 3.42. The van der Waals surface area contributed by atoms with Gasteiger partial charge in [-0.3, -0.25) is 4.99 Å². The van der Waals surface area contributed by atoms with Gasteiger partial charge in [0.05, 0.1) is 0 Å². The van der Waals surface area contributed by atoms with Crippen molar-refractivity contribution < 1.29 is 0 Å². The van der Waals surface area contributed by atoms with Gasteiger partial charge < -0.3 is 4.90 Å². The molecule has 0 saturated heterocycles. The van der Waals surface area contributed by atoms with Crippen LogP contribution in [0.1, 0.15) is 6.42 Å². The molecule has 2 heterocycles. The number of fused-ring (bicyclic) bond motifs is 1. The van der Waals surface area contributed by atoms with Crippen molar-refractivity contribution in [3.8, 4) is 0 Å². The molecule has 0 saturated carbocycles. The van der Waals surface area contributed by atoms with Gasteiger partial charge in [0.25, 0.3) is 0 Å². The first-order chi connectivity index (χ1) is 5.36. The van der Waals surface area contributed by atoms with Crippen molar-refractivity contribution in [1.82, 2.24) is 4.90 Å². The zero-order chi connectivity index (χ0) is 7.68. The summed E-state index contributed by atoms with van der Waals surface area (Å²) in [4.78, 5) is 6.56. The molecule has 0 aromatic heterocycles. The van der Waals surface area contributed by atoms with Crippen LogP contribution < -0.4 is 0 Å². The van der Waals surface area contributed by atoms with Crippen LogP contribution in [0.4, 0.5) is 0 Å². The van der Waals surface area contributed by atoms with Crippen molar-refractivity contribution in [2.45, 2.75) is 6.42 Å². The molecule has 0 N–H and O–H groups in total. The molecule has 0 unspecified atom stereocenters. The SMILES string of the molecule is BrC1=CC2=NCCCN2C=C1. The van der Waals surface area contributed by atoms with Gasteiger partial charge in [-0.15, -0.1) is 0 Å². The molecule has 2 rings (SSSR count). The van der Waals surface area contributed by atoms with Crippen molar-refractivity contribution in [2.24, 2.45) is 4.99 Å². The molecule has 3 heteroatoms. The fourth-order valence-corrected chi connectivity index (χ4v) is 1.58. The normalized spacial score (nSPS) is 22.5. The summed E-state index contributed by atoms with van der Waals surface area (Å²) in [6, 6.07) is 0. The van der Waals surface area contributed by atoms with Crippen LogP contribution in [0.3, 0.4) is 0 Å². The average molecular weight is 213 g/mol. The largest absolute Gasteiger partial charge is 0.333 e. The number of rotatable bonds is 0. The molecule has 11 heavy (non-hydrogen) atoms. The molecule has 0 aliphatic carbocycles. The fraction of sp³-hybridized carbons (Fsp3) is 0.375. The monoisotopic (exact) mass is 212 g/mol. The van der Waals surface area contributed by atoms with Crippen molar-refractivity contribution in [3.05, 3.63) is 22.8 Å². The Morgan fingerprint density at radius 3 is 3.36 bits per heavy atom. The van der Waals surface area contributed by atoms with Crippen molar-refractivity contribution in [2.75, 3.05) is 13.1 Å². The Labute approximate surface area is 74.4 Å². The quantitative estimate of drug-likeness (QED) is 0.600. The predicted molar refractivity (Wildman–Crippen MR) is 49.8 cm³/mol. The first-order valence-electron chi connectivity index (χ1n) is 3.73. The second-order valence-corrected chi connectivity index (χ2v) is 3.55. The molecular weight excluding hydrogens is 204 g/mol. The Balaban J connectivity index is 2.29. The van der Waals surface area contributed by atoms with E-state index in [0.717, 1.165) is 23.4 Å². The van der Waals surface area contributed by atoms with E-state index in [-0.39, 0.29) is 0 Å². The van der Waals surface area contributed by atoms with Gasteiger partial charge in [0.1, 0.15) is 5.84 Å². The van der Waals surface area contributed by atoms with Crippen LogP contribution >= 0.6 is 15.9 Å². The van der Waals surface area contributed by atoms with Gasteiger partial charge >= 0.3 is 0 Å². The van der Waals surface area contributed by atoms with Crippen LogP contribution in [0.2, 0.25) is 0 Å². The minimum atomic E-state index is 0.969. The first kappa shape index (κ1) is 7.10. The van der Waals surface area contributed by atoms with E-state index in [1.54, 1.807) is 0 Å². The summed E-state index contributed by atoms with van der Waals surface area (Å²) in [5, 5.41) is 0. The topological polar surface area (TPSA) is 15.6 Å². The van der Waals surface area contributed by atoms with Crippen LogP contribution in [0.25, 0.3) is 0 Å². The molecule has 0 fully saturated rings. The molecule has 0 atom stereocenters. The number of hydrogen-bond donors (Lipinski definition) is 0. The Morgan fingerprint density at radius 2 is 2.45 bits per heavy atom. The van der Waals surface area contributed by atoms with Crippen LogP contribution in [0.15, 0.2) is 27.8 Å². The molecule has 0 aromatic carbocycles. The number of allylic oxidation sites excluding steroid dienone is 2. The maximum absolute atomic E-state index is 4.39. The fourth-order valence-electron chi connectivity index (χ4n) is 1.25. The lowest BCUT2D eigenvalue weighted by Gasteiger charge is -2.26. The van der Waals surface area contributed by atoms with Crippen LogP contribution in [-0.4, -0.2) is 23.8 Å². The molecule has 0 aromatic rings. The predicted octanol–water partition coefficient (Wildman–Crippen LogP) is 1.90. The van der Waals surface area contributed by atoms with Gasteiger partial charge in [0.2, 0.25) is 0 Å². The highest BCUT2D eigenvalue weighted by atomic mass is 79.9.